The van der Waals surface area contributed by atoms with Gasteiger partial charge in [-0.2, -0.15) is 10.2 Å². The summed E-state index contributed by atoms with van der Waals surface area (Å²) in [5.41, 5.74) is 1.01. The molecule has 2 N–H and O–H groups in total. The van der Waals surface area contributed by atoms with Crippen LogP contribution in [0.2, 0.25) is 0 Å². The smallest absolute Gasteiger partial charge is 0.407 e. The molecule has 1 aliphatic rings. The molecule has 2 heterocycles. The highest BCUT2D eigenvalue weighted by Crippen LogP contribution is 2.34. The molecule has 1 aliphatic heterocycles. The second-order valence-corrected chi connectivity index (χ2v) is 5.17. The summed E-state index contributed by atoms with van der Waals surface area (Å²) in [4.78, 5) is 16.8. The molecule has 7 heteroatoms. The predicted octanol–water partition coefficient (Wildman–Crippen LogP) is 2.27. The van der Waals surface area contributed by atoms with Gasteiger partial charge in [-0.3, -0.25) is 0 Å². The van der Waals surface area contributed by atoms with Gasteiger partial charge in [0.1, 0.15) is 5.82 Å². The molecule has 0 unspecified atom stereocenters. The average Bonchev–Trinajstić information content (AvgIpc) is 2.55. The van der Waals surface area contributed by atoms with Crippen LogP contribution in [0.1, 0.15) is 30.7 Å². The molecule has 0 atom stereocenters. The molecular weight excluding hydrogens is 284 g/mol. The number of likely N-dealkylation sites (tertiary alicyclic amines) is 1. The number of amides is 1. The van der Waals surface area contributed by atoms with Crippen molar-refractivity contribution in [1.82, 2.24) is 9.88 Å². The van der Waals surface area contributed by atoms with Crippen LogP contribution in [0.25, 0.3) is 0 Å². The zero-order valence-corrected chi connectivity index (χ0v) is 12.6. The number of piperidine rings is 1. The Morgan fingerprint density at radius 3 is 2.86 bits per heavy atom. The zero-order chi connectivity index (χ0) is 15.9. The first kappa shape index (κ1) is 15.9. The standard InChI is InChI=1S/C15H20N4O3/c1-22-14-12(3-4-13(18-14)17-8-2-7-16)11-5-9-19(10-6-11)15(20)21/h3-4,11H,2,5-6,8-10H2,1H3,(H,17,18)(H,20,21). The first-order chi connectivity index (χ1) is 10.7. The van der Waals surface area contributed by atoms with E-state index in [1.807, 2.05) is 12.1 Å². The number of anilines is 1. The van der Waals surface area contributed by atoms with Crippen LogP contribution in [0.4, 0.5) is 10.6 Å². The summed E-state index contributed by atoms with van der Waals surface area (Å²) in [6.45, 7) is 1.61. The molecule has 0 aliphatic carbocycles. The maximum Gasteiger partial charge on any atom is 0.407 e. The fraction of sp³-hybridized carbons (Fsp3) is 0.533. The number of methoxy groups -OCH3 is 1. The van der Waals surface area contributed by atoms with E-state index < -0.39 is 6.09 Å². The van der Waals surface area contributed by atoms with E-state index in [1.165, 1.54) is 4.90 Å². The summed E-state index contributed by atoms with van der Waals surface area (Å²) in [6, 6.07) is 5.92. The van der Waals surface area contributed by atoms with Crippen LogP contribution in [0.3, 0.4) is 0 Å². The molecule has 0 spiro atoms. The lowest BCUT2D eigenvalue weighted by Crippen LogP contribution is -2.36. The highest BCUT2D eigenvalue weighted by molar-refractivity contribution is 5.65. The van der Waals surface area contributed by atoms with E-state index >= 15 is 0 Å². The lowest BCUT2D eigenvalue weighted by Gasteiger charge is -2.30. The van der Waals surface area contributed by atoms with Gasteiger partial charge in [0.25, 0.3) is 0 Å². The monoisotopic (exact) mass is 304 g/mol. The van der Waals surface area contributed by atoms with Crippen LogP contribution in [-0.2, 0) is 0 Å². The number of aromatic nitrogens is 1. The first-order valence-electron chi connectivity index (χ1n) is 7.29. The Bertz CT molecular complexity index is 562. The number of nitriles is 1. The largest absolute Gasteiger partial charge is 0.481 e. The van der Waals surface area contributed by atoms with Crippen molar-refractivity contribution in [1.29, 1.82) is 5.26 Å². The Kier molecular flexibility index (Phi) is 5.42. The van der Waals surface area contributed by atoms with Crippen molar-refractivity contribution in [3.05, 3.63) is 17.7 Å². The molecule has 1 aromatic heterocycles. The van der Waals surface area contributed by atoms with Crippen LogP contribution in [0, 0.1) is 11.3 Å². The minimum atomic E-state index is -0.861. The van der Waals surface area contributed by atoms with E-state index in [-0.39, 0.29) is 5.92 Å². The number of nitrogens with one attached hydrogen (secondary N) is 1. The van der Waals surface area contributed by atoms with Gasteiger partial charge in [-0.25, -0.2) is 4.79 Å². The Morgan fingerprint density at radius 1 is 1.55 bits per heavy atom. The normalized spacial score (nSPS) is 15.2. The highest BCUT2D eigenvalue weighted by Gasteiger charge is 2.26. The number of pyridine rings is 1. The Morgan fingerprint density at radius 2 is 2.27 bits per heavy atom. The van der Waals surface area contributed by atoms with Crippen molar-refractivity contribution in [2.75, 3.05) is 32.1 Å². The minimum Gasteiger partial charge on any atom is -0.481 e. The van der Waals surface area contributed by atoms with E-state index in [9.17, 15) is 4.79 Å². The molecule has 1 aromatic rings. The molecule has 0 bridgehead atoms. The van der Waals surface area contributed by atoms with Crippen molar-refractivity contribution in [3.8, 4) is 11.9 Å². The number of carboxylic acid groups (broad SMARTS) is 1. The van der Waals surface area contributed by atoms with E-state index in [0.717, 1.165) is 18.4 Å². The summed E-state index contributed by atoms with van der Waals surface area (Å²) in [7, 11) is 1.58. The van der Waals surface area contributed by atoms with Gasteiger partial charge in [0.2, 0.25) is 5.88 Å². The van der Waals surface area contributed by atoms with Gasteiger partial charge in [-0.05, 0) is 30.9 Å². The first-order valence-corrected chi connectivity index (χ1v) is 7.29. The SMILES string of the molecule is COc1nc(NCCC#N)ccc1C1CCN(C(=O)O)CC1. The number of hydrogen-bond donors (Lipinski definition) is 2. The van der Waals surface area contributed by atoms with Gasteiger partial charge < -0.3 is 20.1 Å². The molecular formula is C15H20N4O3. The number of rotatable bonds is 5. The molecule has 1 fully saturated rings. The van der Waals surface area contributed by atoms with Gasteiger partial charge in [0, 0.05) is 25.2 Å². The highest BCUT2D eigenvalue weighted by atomic mass is 16.5. The molecule has 7 nitrogen and oxygen atoms in total. The zero-order valence-electron chi connectivity index (χ0n) is 12.6. The van der Waals surface area contributed by atoms with E-state index in [4.69, 9.17) is 15.1 Å². The third-order valence-electron chi connectivity index (χ3n) is 3.83. The predicted molar refractivity (Wildman–Crippen MR) is 81.1 cm³/mol. The van der Waals surface area contributed by atoms with Crippen LogP contribution >= 0.6 is 0 Å². The fourth-order valence-electron chi connectivity index (χ4n) is 2.65. The molecule has 0 aromatic carbocycles. The van der Waals surface area contributed by atoms with Crippen LogP contribution in [0.15, 0.2) is 12.1 Å². The van der Waals surface area contributed by atoms with Gasteiger partial charge in [-0.1, -0.05) is 0 Å². The summed E-state index contributed by atoms with van der Waals surface area (Å²) in [6.07, 6.45) is 1.09. The van der Waals surface area contributed by atoms with Crippen molar-refractivity contribution in [2.24, 2.45) is 0 Å². The average molecular weight is 304 g/mol. The molecule has 118 valence electrons. The van der Waals surface area contributed by atoms with Crippen molar-refractivity contribution < 1.29 is 14.6 Å². The van der Waals surface area contributed by atoms with Crippen molar-refractivity contribution >= 4 is 11.9 Å². The molecule has 22 heavy (non-hydrogen) atoms. The summed E-state index contributed by atoms with van der Waals surface area (Å²) < 4.78 is 5.37. The van der Waals surface area contributed by atoms with Crippen molar-refractivity contribution in [3.63, 3.8) is 0 Å². The molecule has 1 saturated heterocycles. The van der Waals surface area contributed by atoms with Gasteiger partial charge >= 0.3 is 6.09 Å². The van der Waals surface area contributed by atoms with Crippen LogP contribution in [0.5, 0.6) is 5.88 Å². The van der Waals surface area contributed by atoms with E-state index in [0.29, 0.717) is 37.8 Å². The molecule has 2 rings (SSSR count). The number of ether oxygens (including phenoxy) is 1. The minimum absolute atomic E-state index is 0.256. The van der Waals surface area contributed by atoms with Crippen LogP contribution in [-0.4, -0.2) is 47.8 Å². The second kappa shape index (κ2) is 7.50. The quantitative estimate of drug-likeness (QED) is 0.810. The summed E-state index contributed by atoms with van der Waals surface area (Å²) >= 11 is 0. The second-order valence-electron chi connectivity index (χ2n) is 5.17. The Balaban J connectivity index is 2.05. The fourth-order valence-corrected chi connectivity index (χ4v) is 2.65. The Hall–Kier alpha value is -2.49. The Labute approximate surface area is 129 Å². The summed E-state index contributed by atoms with van der Waals surface area (Å²) in [5.74, 6) is 1.50. The van der Waals surface area contributed by atoms with E-state index in [1.54, 1.807) is 7.11 Å². The molecule has 0 radical (unpaired) electrons. The topological polar surface area (TPSA) is 98.5 Å². The summed E-state index contributed by atoms with van der Waals surface area (Å²) in [5, 5.41) is 20.6. The van der Waals surface area contributed by atoms with Gasteiger partial charge in [0.05, 0.1) is 19.6 Å². The molecule has 0 saturated carbocycles. The van der Waals surface area contributed by atoms with Gasteiger partial charge in [-0.15, -0.1) is 0 Å². The maximum absolute atomic E-state index is 10.9. The maximum atomic E-state index is 10.9. The number of nitrogens with zero attached hydrogens (tertiary/aromatic N) is 3. The third-order valence-corrected chi connectivity index (χ3v) is 3.83. The van der Waals surface area contributed by atoms with Crippen LogP contribution < -0.4 is 10.1 Å². The van der Waals surface area contributed by atoms with Gasteiger partial charge in [0.15, 0.2) is 0 Å². The number of hydrogen-bond acceptors (Lipinski definition) is 5. The van der Waals surface area contributed by atoms with Crippen molar-refractivity contribution in [2.45, 2.75) is 25.2 Å². The third kappa shape index (κ3) is 3.79. The lowest BCUT2D eigenvalue weighted by atomic mass is 9.90. The lowest BCUT2D eigenvalue weighted by molar-refractivity contribution is 0.132. The van der Waals surface area contributed by atoms with E-state index in [2.05, 4.69) is 16.4 Å². The molecule has 1 amide bonds. The number of carbonyl (C=O) groups is 1.